The maximum atomic E-state index is 5.39. The van der Waals surface area contributed by atoms with E-state index in [2.05, 4.69) is 23.3 Å². The Morgan fingerprint density at radius 1 is 1.15 bits per heavy atom. The molecule has 0 fully saturated rings. The van der Waals surface area contributed by atoms with E-state index in [0.29, 0.717) is 5.88 Å². The summed E-state index contributed by atoms with van der Waals surface area (Å²) in [7, 11) is 3.32. The minimum Gasteiger partial charge on any atom is -0.496 e. The van der Waals surface area contributed by atoms with E-state index in [4.69, 9.17) is 9.47 Å². The Morgan fingerprint density at radius 2 is 1.95 bits per heavy atom. The van der Waals surface area contributed by atoms with Crippen molar-refractivity contribution in [2.75, 3.05) is 14.2 Å². The largest absolute Gasteiger partial charge is 0.496 e. The summed E-state index contributed by atoms with van der Waals surface area (Å²) in [6, 6.07) is 12.2. The average Bonchev–Trinajstić information content (AvgIpc) is 2.52. The quantitative estimate of drug-likeness (QED) is 0.878. The van der Waals surface area contributed by atoms with Gasteiger partial charge in [0.2, 0.25) is 5.88 Å². The summed E-state index contributed by atoms with van der Waals surface area (Å²) in [5, 5.41) is 3.48. The molecule has 0 amide bonds. The molecule has 0 spiro atoms. The van der Waals surface area contributed by atoms with Gasteiger partial charge in [-0.05, 0) is 24.6 Å². The molecule has 1 N–H and O–H groups in total. The summed E-state index contributed by atoms with van der Waals surface area (Å²) in [6.07, 6.45) is 1.75. The van der Waals surface area contributed by atoms with Gasteiger partial charge in [0.05, 0.1) is 14.2 Å². The maximum Gasteiger partial charge on any atom is 0.213 e. The van der Waals surface area contributed by atoms with Gasteiger partial charge in [-0.1, -0.05) is 18.2 Å². The summed E-state index contributed by atoms with van der Waals surface area (Å²) in [5.41, 5.74) is 2.29. The lowest BCUT2D eigenvalue weighted by Crippen LogP contribution is -2.18. The number of hydrogen-bond acceptors (Lipinski definition) is 4. The fraction of sp³-hybridized carbons (Fsp3) is 0.312. The maximum absolute atomic E-state index is 5.39. The van der Waals surface area contributed by atoms with Crippen LogP contribution in [0.5, 0.6) is 11.6 Å². The Labute approximate surface area is 119 Å². The highest BCUT2D eigenvalue weighted by Gasteiger charge is 2.10. The molecule has 0 aliphatic heterocycles. The summed E-state index contributed by atoms with van der Waals surface area (Å²) in [5.74, 6) is 1.54. The molecule has 0 aliphatic carbocycles. The van der Waals surface area contributed by atoms with Crippen molar-refractivity contribution < 1.29 is 9.47 Å². The average molecular weight is 272 g/mol. The Morgan fingerprint density at radius 3 is 2.70 bits per heavy atom. The van der Waals surface area contributed by atoms with Crippen molar-refractivity contribution in [1.82, 2.24) is 10.3 Å². The normalized spacial score (nSPS) is 11.9. The Balaban J connectivity index is 2.02. The van der Waals surface area contributed by atoms with Crippen molar-refractivity contribution in [3.8, 4) is 11.6 Å². The van der Waals surface area contributed by atoms with Gasteiger partial charge < -0.3 is 14.8 Å². The Kier molecular flexibility index (Phi) is 4.96. The molecule has 0 bridgehead atoms. The molecule has 4 nitrogen and oxygen atoms in total. The number of hydrogen-bond donors (Lipinski definition) is 1. The monoisotopic (exact) mass is 272 g/mol. The SMILES string of the molecule is COc1cc(CNC(C)c2ccccc2OC)ccn1. The first-order chi connectivity index (χ1) is 9.74. The standard InChI is InChI=1S/C16H20N2O2/c1-12(14-6-4-5-7-15(14)19-2)18-11-13-8-9-17-16(10-13)20-3/h4-10,12,18H,11H2,1-3H3. The molecule has 2 aromatic rings. The van der Waals surface area contributed by atoms with Crippen LogP contribution in [0.2, 0.25) is 0 Å². The lowest BCUT2D eigenvalue weighted by molar-refractivity contribution is 0.395. The second kappa shape index (κ2) is 6.91. The van der Waals surface area contributed by atoms with E-state index in [9.17, 15) is 0 Å². The minimum atomic E-state index is 0.199. The third-order valence-electron chi connectivity index (χ3n) is 3.23. The van der Waals surface area contributed by atoms with Crippen LogP contribution in [0, 0.1) is 0 Å². The van der Waals surface area contributed by atoms with Gasteiger partial charge in [0, 0.05) is 30.4 Å². The number of ether oxygens (including phenoxy) is 2. The molecule has 1 heterocycles. The molecule has 1 aromatic carbocycles. The number of aromatic nitrogens is 1. The molecule has 4 heteroatoms. The molecule has 1 atom stereocenters. The van der Waals surface area contributed by atoms with Crippen LogP contribution < -0.4 is 14.8 Å². The summed E-state index contributed by atoms with van der Waals surface area (Å²) < 4.78 is 10.5. The number of pyridine rings is 1. The van der Waals surface area contributed by atoms with E-state index in [0.717, 1.165) is 23.4 Å². The van der Waals surface area contributed by atoms with Gasteiger partial charge in [0.1, 0.15) is 5.75 Å². The zero-order valence-electron chi connectivity index (χ0n) is 12.1. The molecule has 2 rings (SSSR count). The van der Waals surface area contributed by atoms with E-state index in [1.165, 1.54) is 0 Å². The molecule has 1 aromatic heterocycles. The third kappa shape index (κ3) is 3.48. The van der Waals surface area contributed by atoms with E-state index in [1.54, 1.807) is 20.4 Å². The van der Waals surface area contributed by atoms with Crippen LogP contribution in [0.25, 0.3) is 0 Å². The van der Waals surface area contributed by atoms with Crippen LogP contribution in [0.4, 0.5) is 0 Å². The van der Waals surface area contributed by atoms with Crippen LogP contribution in [-0.4, -0.2) is 19.2 Å². The lowest BCUT2D eigenvalue weighted by atomic mass is 10.1. The van der Waals surface area contributed by atoms with Crippen molar-refractivity contribution in [2.45, 2.75) is 19.5 Å². The molecule has 20 heavy (non-hydrogen) atoms. The van der Waals surface area contributed by atoms with Crippen LogP contribution in [0.3, 0.4) is 0 Å². The Bertz CT molecular complexity index is 558. The van der Waals surface area contributed by atoms with Crippen LogP contribution >= 0.6 is 0 Å². The zero-order valence-corrected chi connectivity index (χ0v) is 12.1. The van der Waals surface area contributed by atoms with E-state index < -0.39 is 0 Å². The predicted molar refractivity (Wildman–Crippen MR) is 79.0 cm³/mol. The Hall–Kier alpha value is -2.07. The van der Waals surface area contributed by atoms with Crippen LogP contribution in [0.1, 0.15) is 24.1 Å². The minimum absolute atomic E-state index is 0.199. The smallest absolute Gasteiger partial charge is 0.213 e. The highest BCUT2D eigenvalue weighted by Crippen LogP contribution is 2.24. The van der Waals surface area contributed by atoms with Gasteiger partial charge in [-0.25, -0.2) is 4.98 Å². The number of methoxy groups -OCH3 is 2. The van der Waals surface area contributed by atoms with E-state index in [1.807, 2.05) is 30.3 Å². The molecular formula is C16H20N2O2. The fourth-order valence-electron chi connectivity index (χ4n) is 2.08. The van der Waals surface area contributed by atoms with Crippen molar-refractivity contribution >= 4 is 0 Å². The third-order valence-corrected chi connectivity index (χ3v) is 3.23. The fourth-order valence-corrected chi connectivity index (χ4v) is 2.08. The zero-order chi connectivity index (χ0) is 14.4. The number of rotatable bonds is 6. The summed E-state index contributed by atoms with van der Waals surface area (Å²) in [4.78, 5) is 4.10. The molecule has 0 radical (unpaired) electrons. The van der Waals surface area contributed by atoms with Crippen molar-refractivity contribution in [1.29, 1.82) is 0 Å². The summed E-state index contributed by atoms with van der Waals surface area (Å²) >= 11 is 0. The van der Waals surface area contributed by atoms with E-state index >= 15 is 0 Å². The van der Waals surface area contributed by atoms with E-state index in [-0.39, 0.29) is 6.04 Å². The van der Waals surface area contributed by atoms with Gasteiger partial charge in [0.15, 0.2) is 0 Å². The first kappa shape index (κ1) is 14.3. The predicted octanol–water partition coefficient (Wildman–Crippen LogP) is 2.95. The molecule has 0 aliphatic rings. The van der Waals surface area contributed by atoms with Gasteiger partial charge in [-0.15, -0.1) is 0 Å². The first-order valence-electron chi connectivity index (χ1n) is 6.60. The van der Waals surface area contributed by atoms with Gasteiger partial charge >= 0.3 is 0 Å². The van der Waals surface area contributed by atoms with Crippen molar-refractivity contribution in [3.05, 3.63) is 53.7 Å². The van der Waals surface area contributed by atoms with Crippen LogP contribution in [0.15, 0.2) is 42.6 Å². The highest BCUT2D eigenvalue weighted by molar-refractivity contribution is 5.35. The van der Waals surface area contributed by atoms with Gasteiger partial charge in [-0.2, -0.15) is 0 Å². The molecular weight excluding hydrogens is 252 g/mol. The summed E-state index contributed by atoms with van der Waals surface area (Å²) in [6.45, 7) is 2.87. The van der Waals surface area contributed by atoms with Crippen molar-refractivity contribution in [2.24, 2.45) is 0 Å². The van der Waals surface area contributed by atoms with Gasteiger partial charge in [-0.3, -0.25) is 0 Å². The molecule has 106 valence electrons. The first-order valence-corrected chi connectivity index (χ1v) is 6.60. The number of benzene rings is 1. The molecule has 0 saturated heterocycles. The number of nitrogens with one attached hydrogen (secondary N) is 1. The number of para-hydroxylation sites is 1. The second-order valence-corrected chi connectivity index (χ2v) is 4.55. The highest BCUT2D eigenvalue weighted by atomic mass is 16.5. The molecule has 0 saturated carbocycles. The number of nitrogens with zero attached hydrogens (tertiary/aromatic N) is 1. The van der Waals surface area contributed by atoms with Gasteiger partial charge in [0.25, 0.3) is 0 Å². The lowest BCUT2D eigenvalue weighted by Gasteiger charge is -2.17. The topological polar surface area (TPSA) is 43.4 Å². The molecule has 1 unspecified atom stereocenters. The van der Waals surface area contributed by atoms with Crippen molar-refractivity contribution in [3.63, 3.8) is 0 Å². The van der Waals surface area contributed by atoms with Crippen LogP contribution in [-0.2, 0) is 6.54 Å². The second-order valence-electron chi connectivity index (χ2n) is 4.55.